The Balaban J connectivity index is 2.40. The van der Waals surface area contributed by atoms with Gasteiger partial charge in [-0.25, -0.2) is 4.39 Å². The van der Waals surface area contributed by atoms with Gasteiger partial charge in [-0.1, -0.05) is 15.9 Å². The van der Waals surface area contributed by atoms with E-state index in [1.54, 1.807) is 0 Å². The van der Waals surface area contributed by atoms with Gasteiger partial charge >= 0.3 is 5.69 Å². The van der Waals surface area contributed by atoms with E-state index in [1.165, 1.54) is 30.5 Å². The van der Waals surface area contributed by atoms with Crippen LogP contribution in [0.4, 0.5) is 10.1 Å². The van der Waals surface area contributed by atoms with Crippen molar-refractivity contribution >= 4 is 21.6 Å². The predicted octanol–water partition coefficient (Wildman–Crippen LogP) is 3.68. The Bertz CT molecular complexity index is 607. The first-order chi connectivity index (χ1) is 8.58. The van der Waals surface area contributed by atoms with Gasteiger partial charge in [0.25, 0.3) is 0 Å². The van der Waals surface area contributed by atoms with E-state index in [9.17, 15) is 14.5 Å². The quantitative estimate of drug-likeness (QED) is 0.640. The van der Waals surface area contributed by atoms with Gasteiger partial charge < -0.3 is 4.74 Å². The van der Waals surface area contributed by atoms with Crippen molar-refractivity contribution in [2.75, 3.05) is 0 Å². The Morgan fingerprint density at radius 1 is 1.33 bits per heavy atom. The van der Waals surface area contributed by atoms with E-state index in [1.807, 2.05) is 0 Å². The molecule has 2 rings (SSSR count). The van der Waals surface area contributed by atoms with E-state index in [4.69, 9.17) is 4.74 Å². The van der Waals surface area contributed by atoms with Crippen LogP contribution in [0.5, 0.6) is 11.5 Å². The molecule has 1 aromatic heterocycles. The third kappa shape index (κ3) is 2.62. The fraction of sp³-hybridized carbons (Fsp3) is 0. The summed E-state index contributed by atoms with van der Waals surface area (Å²) in [7, 11) is 0. The smallest absolute Gasteiger partial charge is 0.329 e. The number of halogens is 2. The van der Waals surface area contributed by atoms with Crippen molar-refractivity contribution < 1.29 is 14.1 Å². The summed E-state index contributed by atoms with van der Waals surface area (Å²) in [5, 5.41) is 10.7. The van der Waals surface area contributed by atoms with Crippen molar-refractivity contribution in [1.29, 1.82) is 0 Å². The van der Waals surface area contributed by atoms with Crippen LogP contribution < -0.4 is 4.74 Å². The van der Waals surface area contributed by atoms with Gasteiger partial charge in [0.15, 0.2) is 11.6 Å². The second-order valence-electron chi connectivity index (χ2n) is 3.28. The van der Waals surface area contributed by atoms with Crippen LogP contribution in [0.3, 0.4) is 0 Å². The van der Waals surface area contributed by atoms with Crippen LogP contribution in [0.1, 0.15) is 0 Å². The first kappa shape index (κ1) is 12.4. The molecule has 5 nitrogen and oxygen atoms in total. The molecule has 0 aliphatic rings. The Morgan fingerprint density at radius 3 is 2.83 bits per heavy atom. The average Bonchev–Trinajstić information content (AvgIpc) is 2.34. The number of benzene rings is 1. The Kier molecular flexibility index (Phi) is 3.52. The molecular weight excluding hydrogens is 307 g/mol. The van der Waals surface area contributed by atoms with Crippen LogP contribution in [0.25, 0.3) is 0 Å². The second kappa shape index (κ2) is 5.09. The summed E-state index contributed by atoms with van der Waals surface area (Å²) in [5.41, 5.74) is -0.322. The maximum Gasteiger partial charge on any atom is 0.329 e. The topological polar surface area (TPSA) is 65.3 Å². The third-order valence-electron chi connectivity index (χ3n) is 2.07. The molecule has 0 saturated heterocycles. The Morgan fingerprint density at radius 2 is 2.11 bits per heavy atom. The highest BCUT2D eigenvalue weighted by atomic mass is 79.9. The lowest BCUT2D eigenvalue weighted by Crippen LogP contribution is -1.95. The number of pyridine rings is 1. The number of rotatable bonds is 3. The summed E-state index contributed by atoms with van der Waals surface area (Å²) >= 11 is 3.16. The molecule has 0 unspecified atom stereocenters. The van der Waals surface area contributed by atoms with Crippen molar-refractivity contribution in [3.63, 3.8) is 0 Å². The van der Waals surface area contributed by atoms with Gasteiger partial charge in [-0.3, -0.25) is 15.1 Å². The molecule has 0 N–H and O–H groups in total. The van der Waals surface area contributed by atoms with Crippen molar-refractivity contribution in [1.82, 2.24) is 4.98 Å². The molecule has 18 heavy (non-hydrogen) atoms. The van der Waals surface area contributed by atoms with Crippen LogP contribution >= 0.6 is 15.9 Å². The van der Waals surface area contributed by atoms with Crippen molar-refractivity contribution in [2.24, 2.45) is 0 Å². The number of aromatic nitrogens is 1. The number of nitro groups is 1. The highest BCUT2D eigenvalue weighted by molar-refractivity contribution is 9.10. The minimum absolute atomic E-state index is 0.0630. The Labute approximate surface area is 110 Å². The lowest BCUT2D eigenvalue weighted by molar-refractivity contribution is -0.386. The molecule has 1 aromatic carbocycles. The van der Waals surface area contributed by atoms with E-state index in [-0.39, 0.29) is 17.2 Å². The zero-order chi connectivity index (χ0) is 13.1. The van der Waals surface area contributed by atoms with Crippen LogP contribution in [0.2, 0.25) is 0 Å². The minimum Gasteiger partial charge on any atom is -0.447 e. The van der Waals surface area contributed by atoms with Gasteiger partial charge in [-0.05, 0) is 18.2 Å². The lowest BCUT2D eigenvalue weighted by Gasteiger charge is -2.07. The van der Waals surface area contributed by atoms with E-state index >= 15 is 0 Å². The fourth-order valence-corrected chi connectivity index (χ4v) is 1.61. The van der Waals surface area contributed by atoms with Crippen LogP contribution in [0.15, 0.2) is 41.1 Å². The summed E-state index contributed by atoms with van der Waals surface area (Å²) in [6.07, 6.45) is 2.38. The van der Waals surface area contributed by atoms with Crippen molar-refractivity contribution in [3.05, 3.63) is 57.1 Å². The zero-order valence-electron chi connectivity index (χ0n) is 8.84. The monoisotopic (exact) mass is 312 g/mol. The summed E-state index contributed by atoms with van der Waals surface area (Å²) in [6.45, 7) is 0. The highest BCUT2D eigenvalue weighted by Gasteiger charge is 2.17. The highest BCUT2D eigenvalue weighted by Crippen LogP contribution is 2.32. The maximum atomic E-state index is 13.5. The molecule has 7 heteroatoms. The van der Waals surface area contributed by atoms with E-state index in [0.29, 0.717) is 4.47 Å². The first-order valence-electron chi connectivity index (χ1n) is 4.79. The molecule has 0 spiro atoms. The minimum atomic E-state index is -0.641. The predicted molar refractivity (Wildman–Crippen MR) is 65.1 cm³/mol. The zero-order valence-corrected chi connectivity index (χ0v) is 10.4. The van der Waals surface area contributed by atoms with E-state index in [0.717, 1.165) is 6.20 Å². The van der Waals surface area contributed by atoms with E-state index in [2.05, 4.69) is 20.9 Å². The molecular formula is C11H6BrFN2O3. The molecule has 1 heterocycles. The Hall–Kier alpha value is -2.02. The molecule has 0 bridgehead atoms. The first-order valence-corrected chi connectivity index (χ1v) is 5.58. The summed E-state index contributed by atoms with van der Waals surface area (Å²) < 4.78 is 19.3. The number of hydrogen-bond donors (Lipinski definition) is 0. The van der Waals surface area contributed by atoms with Gasteiger partial charge in [0.1, 0.15) is 6.20 Å². The van der Waals surface area contributed by atoms with Gasteiger partial charge in [-0.15, -0.1) is 0 Å². The molecule has 0 fully saturated rings. The average molecular weight is 313 g/mol. The van der Waals surface area contributed by atoms with Gasteiger partial charge in [0, 0.05) is 16.7 Å². The summed E-state index contributed by atoms with van der Waals surface area (Å²) in [6, 6.07) is 5.40. The molecule has 92 valence electrons. The van der Waals surface area contributed by atoms with Crippen LogP contribution in [-0.4, -0.2) is 9.91 Å². The van der Waals surface area contributed by atoms with Gasteiger partial charge in [0.2, 0.25) is 5.75 Å². The molecule has 0 amide bonds. The SMILES string of the molecule is O=[N+]([O-])c1cnccc1Oc1cc(Br)ccc1F. The van der Waals surface area contributed by atoms with Crippen LogP contribution in [0, 0.1) is 15.9 Å². The molecule has 0 radical (unpaired) electrons. The summed E-state index contributed by atoms with van der Waals surface area (Å²) in [5.74, 6) is -0.769. The van der Waals surface area contributed by atoms with Crippen molar-refractivity contribution in [2.45, 2.75) is 0 Å². The molecule has 0 atom stereocenters. The van der Waals surface area contributed by atoms with Gasteiger partial charge in [0.05, 0.1) is 4.92 Å². The van der Waals surface area contributed by atoms with Gasteiger partial charge in [-0.2, -0.15) is 0 Å². The standard InChI is InChI=1S/C11H6BrFN2O3/c12-7-1-2-8(13)11(5-7)18-10-3-4-14-6-9(10)15(16)17/h1-6H. The lowest BCUT2D eigenvalue weighted by atomic mass is 10.3. The number of nitrogens with zero attached hydrogens (tertiary/aromatic N) is 2. The summed E-state index contributed by atoms with van der Waals surface area (Å²) in [4.78, 5) is 13.7. The molecule has 2 aromatic rings. The maximum absolute atomic E-state index is 13.5. The normalized spacial score (nSPS) is 10.1. The van der Waals surface area contributed by atoms with E-state index < -0.39 is 10.7 Å². The second-order valence-corrected chi connectivity index (χ2v) is 4.19. The fourth-order valence-electron chi connectivity index (χ4n) is 1.27. The molecule has 0 aliphatic carbocycles. The van der Waals surface area contributed by atoms with Crippen LogP contribution in [-0.2, 0) is 0 Å². The number of ether oxygens (including phenoxy) is 1. The number of hydrogen-bond acceptors (Lipinski definition) is 4. The third-order valence-corrected chi connectivity index (χ3v) is 2.56. The molecule has 0 saturated carbocycles. The van der Waals surface area contributed by atoms with Crippen molar-refractivity contribution in [3.8, 4) is 11.5 Å². The largest absolute Gasteiger partial charge is 0.447 e. The molecule has 0 aliphatic heterocycles.